The van der Waals surface area contributed by atoms with Crippen LogP contribution in [-0.2, 0) is 26.1 Å². The van der Waals surface area contributed by atoms with Crippen molar-refractivity contribution in [2.75, 3.05) is 0 Å². The van der Waals surface area contributed by atoms with Crippen LogP contribution in [0.2, 0.25) is 5.28 Å². The smallest absolute Gasteiger partial charge is 0.332 e. The Labute approximate surface area is 181 Å². The fourth-order valence-corrected chi connectivity index (χ4v) is 3.70. The standard InChI is InChI=1S/C19H23ClN8O3/c1-2-3-4-7-27-16-15(23-18(20)24-16)17(29)28(19(27)30)8-5-6-13-9-22-26(10-13)11-14-21-12-31-25-14/h9-10,12H,2-8,11H2,1H3,(H,23,24). The molecule has 4 rings (SSSR count). The summed E-state index contributed by atoms with van der Waals surface area (Å²) in [7, 11) is 0. The molecule has 31 heavy (non-hydrogen) atoms. The fraction of sp³-hybridized carbons (Fsp3) is 0.474. The molecule has 164 valence electrons. The van der Waals surface area contributed by atoms with Gasteiger partial charge in [0.1, 0.15) is 6.54 Å². The molecule has 0 bridgehead atoms. The molecule has 0 saturated heterocycles. The van der Waals surface area contributed by atoms with Gasteiger partial charge in [-0.15, -0.1) is 0 Å². The van der Waals surface area contributed by atoms with E-state index in [0.29, 0.717) is 37.4 Å². The average Bonchev–Trinajstić information content (AvgIpc) is 3.49. The second-order valence-electron chi connectivity index (χ2n) is 7.32. The van der Waals surface area contributed by atoms with E-state index in [1.54, 1.807) is 10.9 Å². The molecule has 0 radical (unpaired) electrons. The fourth-order valence-electron chi connectivity index (χ4n) is 3.53. The van der Waals surface area contributed by atoms with Gasteiger partial charge in [-0.2, -0.15) is 15.1 Å². The van der Waals surface area contributed by atoms with E-state index in [9.17, 15) is 9.59 Å². The van der Waals surface area contributed by atoms with Crippen LogP contribution in [0.15, 0.2) is 32.9 Å². The lowest BCUT2D eigenvalue weighted by Gasteiger charge is -2.11. The molecule has 0 aliphatic rings. The summed E-state index contributed by atoms with van der Waals surface area (Å²) in [5, 5.41) is 8.15. The average molecular weight is 447 g/mol. The Morgan fingerprint density at radius 2 is 2.00 bits per heavy atom. The largest absolute Gasteiger partial charge is 0.343 e. The lowest BCUT2D eigenvalue weighted by atomic mass is 10.2. The van der Waals surface area contributed by atoms with E-state index in [1.165, 1.54) is 15.5 Å². The van der Waals surface area contributed by atoms with E-state index in [4.69, 9.17) is 16.1 Å². The van der Waals surface area contributed by atoms with Crippen LogP contribution in [0.1, 0.15) is 44.0 Å². The van der Waals surface area contributed by atoms with Crippen molar-refractivity contribution in [2.45, 2.75) is 58.7 Å². The molecule has 4 aromatic heterocycles. The van der Waals surface area contributed by atoms with Crippen LogP contribution in [0.3, 0.4) is 0 Å². The minimum Gasteiger partial charge on any atom is -0.343 e. The molecule has 0 unspecified atom stereocenters. The van der Waals surface area contributed by atoms with Gasteiger partial charge in [-0.3, -0.25) is 18.6 Å². The van der Waals surface area contributed by atoms with Gasteiger partial charge in [0.15, 0.2) is 17.0 Å². The summed E-state index contributed by atoms with van der Waals surface area (Å²) < 4.78 is 9.23. The maximum absolute atomic E-state index is 13.0. The Morgan fingerprint density at radius 1 is 1.16 bits per heavy atom. The van der Waals surface area contributed by atoms with Crippen molar-refractivity contribution in [2.24, 2.45) is 0 Å². The van der Waals surface area contributed by atoms with Gasteiger partial charge < -0.3 is 9.51 Å². The molecule has 0 aromatic carbocycles. The molecule has 1 N–H and O–H groups in total. The summed E-state index contributed by atoms with van der Waals surface area (Å²) in [6, 6.07) is 0. The first-order chi connectivity index (χ1) is 15.1. The summed E-state index contributed by atoms with van der Waals surface area (Å²) in [4.78, 5) is 36.8. The van der Waals surface area contributed by atoms with Crippen molar-refractivity contribution >= 4 is 22.8 Å². The third-order valence-electron chi connectivity index (χ3n) is 5.06. The van der Waals surface area contributed by atoms with E-state index < -0.39 is 5.56 Å². The molecular formula is C19H23ClN8O3. The van der Waals surface area contributed by atoms with Crippen molar-refractivity contribution in [1.29, 1.82) is 0 Å². The summed E-state index contributed by atoms with van der Waals surface area (Å²) in [6.45, 7) is 3.28. The van der Waals surface area contributed by atoms with Gasteiger partial charge in [0, 0.05) is 19.3 Å². The molecule has 4 aromatic rings. The molecule has 4 heterocycles. The number of aromatic nitrogens is 8. The van der Waals surface area contributed by atoms with E-state index in [2.05, 4.69) is 32.1 Å². The number of imidazole rings is 1. The van der Waals surface area contributed by atoms with Gasteiger partial charge in [-0.25, -0.2) is 4.79 Å². The Bertz CT molecular complexity index is 1270. The zero-order valence-corrected chi connectivity index (χ0v) is 17.9. The van der Waals surface area contributed by atoms with Gasteiger partial charge in [0.25, 0.3) is 5.56 Å². The van der Waals surface area contributed by atoms with Crippen molar-refractivity contribution in [3.05, 3.63) is 56.3 Å². The summed E-state index contributed by atoms with van der Waals surface area (Å²) in [5.41, 5.74) is 0.804. The maximum Gasteiger partial charge on any atom is 0.332 e. The number of hydrogen-bond donors (Lipinski definition) is 1. The van der Waals surface area contributed by atoms with E-state index in [0.717, 1.165) is 24.8 Å². The highest BCUT2D eigenvalue weighted by atomic mass is 35.5. The summed E-state index contributed by atoms with van der Waals surface area (Å²) in [5.74, 6) is 0.538. The minimum atomic E-state index is -0.404. The Hall–Kier alpha value is -3.21. The molecule has 0 aliphatic carbocycles. The topological polar surface area (TPSA) is 129 Å². The quantitative estimate of drug-likeness (QED) is 0.291. The second kappa shape index (κ2) is 9.29. The molecule has 11 nitrogen and oxygen atoms in total. The zero-order valence-electron chi connectivity index (χ0n) is 17.1. The van der Waals surface area contributed by atoms with Gasteiger partial charge >= 0.3 is 5.69 Å². The first-order valence-corrected chi connectivity index (χ1v) is 10.6. The van der Waals surface area contributed by atoms with Crippen LogP contribution in [0.4, 0.5) is 0 Å². The number of rotatable bonds is 10. The highest BCUT2D eigenvalue weighted by molar-refractivity contribution is 6.28. The number of unbranched alkanes of at least 4 members (excludes halogenated alkanes) is 2. The van der Waals surface area contributed by atoms with Crippen LogP contribution < -0.4 is 11.2 Å². The minimum absolute atomic E-state index is 0.0995. The molecule has 0 atom stereocenters. The first-order valence-electron chi connectivity index (χ1n) is 10.2. The number of fused-ring (bicyclic) bond motifs is 1. The molecule has 12 heteroatoms. The molecule has 0 amide bonds. The Balaban J connectivity index is 1.50. The monoisotopic (exact) mass is 446 g/mol. The number of nitrogens with zero attached hydrogens (tertiary/aromatic N) is 7. The Kier molecular flexibility index (Phi) is 6.31. The van der Waals surface area contributed by atoms with Crippen LogP contribution in [0.5, 0.6) is 0 Å². The molecular weight excluding hydrogens is 424 g/mol. The normalized spacial score (nSPS) is 11.5. The number of hydrogen-bond acceptors (Lipinski definition) is 7. The van der Waals surface area contributed by atoms with E-state index >= 15 is 0 Å². The van der Waals surface area contributed by atoms with Crippen molar-refractivity contribution in [1.82, 2.24) is 39.0 Å². The number of H-pyrrole nitrogens is 1. The SMILES string of the molecule is CCCCCn1c(=O)n(CCCc2cnn(Cc3ncon3)c2)c(=O)c2[nH]c(Cl)nc21. The summed E-state index contributed by atoms with van der Waals surface area (Å²) in [6.07, 6.45) is 9.02. The molecule has 0 saturated carbocycles. The highest BCUT2D eigenvalue weighted by Crippen LogP contribution is 2.11. The second-order valence-corrected chi connectivity index (χ2v) is 7.68. The number of aryl methyl sites for hydroxylation is 2. The zero-order chi connectivity index (χ0) is 21.8. The van der Waals surface area contributed by atoms with Crippen molar-refractivity contribution < 1.29 is 4.52 Å². The van der Waals surface area contributed by atoms with E-state index in [-0.39, 0.29) is 23.0 Å². The van der Waals surface area contributed by atoms with Crippen molar-refractivity contribution in [3.63, 3.8) is 0 Å². The van der Waals surface area contributed by atoms with Crippen LogP contribution in [-0.4, -0.2) is 39.0 Å². The molecule has 0 fully saturated rings. The Morgan fingerprint density at radius 3 is 2.77 bits per heavy atom. The predicted molar refractivity (Wildman–Crippen MR) is 113 cm³/mol. The van der Waals surface area contributed by atoms with Gasteiger partial charge in [-0.05, 0) is 36.4 Å². The first kappa shape index (κ1) is 21.0. The third kappa shape index (κ3) is 4.61. The lowest BCUT2D eigenvalue weighted by Crippen LogP contribution is -2.40. The summed E-state index contributed by atoms with van der Waals surface area (Å²) >= 11 is 5.98. The van der Waals surface area contributed by atoms with Gasteiger partial charge in [0.05, 0.1) is 6.20 Å². The lowest BCUT2D eigenvalue weighted by molar-refractivity contribution is 0.407. The van der Waals surface area contributed by atoms with Crippen LogP contribution in [0, 0.1) is 0 Å². The number of halogens is 1. The van der Waals surface area contributed by atoms with Crippen LogP contribution >= 0.6 is 11.6 Å². The van der Waals surface area contributed by atoms with Crippen molar-refractivity contribution in [3.8, 4) is 0 Å². The van der Waals surface area contributed by atoms with Gasteiger partial charge in [-0.1, -0.05) is 24.9 Å². The maximum atomic E-state index is 13.0. The molecule has 0 aliphatic heterocycles. The van der Waals surface area contributed by atoms with E-state index in [1.807, 2.05) is 6.20 Å². The third-order valence-corrected chi connectivity index (χ3v) is 5.24. The number of aromatic amines is 1. The predicted octanol–water partition coefficient (Wildman–Crippen LogP) is 1.99. The van der Waals surface area contributed by atoms with Crippen LogP contribution in [0.25, 0.3) is 11.2 Å². The molecule has 0 spiro atoms. The van der Waals surface area contributed by atoms with Gasteiger partial charge in [0.2, 0.25) is 11.7 Å². The highest BCUT2D eigenvalue weighted by Gasteiger charge is 2.16. The number of nitrogens with one attached hydrogen (secondary N) is 1.